The van der Waals surface area contributed by atoms with Crippen LogP contribution in [0.4, 0.5) is 0 Å². The second kappa shape index (κ2) is 7.49. The quantitative estimate of drug-likeness (QED) is 0.390. The van der Waals surface area contributed by atoms with Crippen molar-refractivity contribution in [1.29, 1.82) is 0 Å². The van der Waals surface area contributed by atoms with E-state index in [1.165, 1.54) is 5.56 Å². The van der Waals surface area contributed by atoms with Gasteiger partial charge in [-0.3, -0.25) is 4.79 Å². The average molecular weight is 403 g/mol. The number of imidazole rings is 1. The average Bonchev–Trinajstić information content (AvgIpc) is 3.11. The molecule has 0 bridgehead atoms. The lowest BCUT2D eigenvalue weighted by Crippen LogP contribution is -2.10. The van der Waals surface area contributed by atoms with E-state index in [0.29, 0.717) is 17.0 Å². The first kappa shape index (κ1) is 19.4. The lowest BCUT2D eigenvalue weighted by Gasteiger charge is -2.18. The molecular formula is C25H23ClN2O. The molecule has 0 spiro atoms. The van der Waals surface area contributed by atoms with Gasteiger partial charge in [-0.1, -0.05) is 68.8 Å². The third-order valence-corrected chi connectivity index (χ3v) is 5.32. The molecule has 1 N–H and O–H groups in total. The molecule has 3 aromatic carbocycles. The number of Topliss-reactive ketones (excluding diaryl/α,β-unsaturated/α-hetero) is 1. The van der Waals surface area contributed by atoms with Crippen molar-refractivity contribution >= 4 is 28.4 Å². The number of hydrogen-bond acceptors (Lipinski definition) is 2. The molecule has 146 valence electrons. The minimum atomic E-state index is 0.0554. The number of fused-ring (bicyclic) bond motifs is 1. The van der Waals surface area contributed by atoms with Gasteiger partial charge in [0.15, 0.2) is 5.78 Å². The van der Waals surface area contributed by atoms with Gasteiger partial charge in [0, 0.05) is 22.6 Å². The molecule has 0 aliphatic carbocycles. The van der Waals surface area contributed by atoms with Crippen LogP contribution in [0.1, 0.15) is 42.3 Å². The third kappa shape index (κ3) is 4.25. The van der Waals surface area contributed by atoms with Crippen LogP contribution in [-0.2, 0) is 11.8 Å². The molecule has 1 heterocycles. The zero-order valence-corrected chi connectivity index (χ0v) is 17.5. The summed E-state index contributed by atoms with van der Waals surface area (Å²) in [6, 6.07) is 21.5. The van der Waals surface area contributed by atoms with E-state index in [9.17, 15) is 4.79 Å². The second-order valence-corrected chi connectivity index (χ2v) is 8.81. The summed E-state index contributed by atoms with van der Waals surface area (Å²) in [7, 11) is 0. The molecule has 0 radical (unpaired) electrons. The van der Waals surface area contributed by atoms with Crippen molar-refractivity contribution in [3.63, 3.8) is 0 Å². The summed E-state index contributed by atoms with van der Waals surface area (Å²) in [5.41, 5.74) is 5.70. The Kier molecular flexibility index (Phi) is 5.01. The number of ketones is 1. The van der Waals surface area contributed by atoms with Crippen LogP contribution < -0.4 is 0 Å². The summed E-state index contributed by atoms with van der Waals surface area (Å²) in [6.07, 6.45) is 0.321. The molecule has 0 unspecified atom stereocenters. The van der Waals surface area contributed by atoms with E-state index in [0.717, 1.165) is 28.0 Å². The topological polar surface area (TPSA) is 45.8 Å². The predicted molar refractivity (Wildman–Crippen MR) is 120 cm³/mol. The summed E-state index contributed by atoms with van der Waals surface area (Å²) in [6.45, 7) is 6.60. The Balaban J connectivity index is 1.60. The van der Waals surface area contributed by atoms with E-state index in [2.05, 4.69) is 55.0 Å². The van der Waals surface area contributed by atoms with E-state index >= 15 is 0 Å². The smallest absolute Gasteiger partial charge is 0.167 e. The van der Waals surface area contributed by atoms with Gasteiger partial charge in [-0.25, -0.2) is 4.98 Å². The first-order valence-corrected chi connectivity index (χ1v) is 10.1. The number of halogens is 1. The van der Waals surface area contributed by atoms with Gasteiger partial charge in [0.25, 0.3) is 0 Å². The largest absolute Gasteiger partial charge is 0.338 e. The zero-order valence-electron chi connectivity index (χ0n) is 16.8. The van der Waals surface area contributed by atoms with Gasteiger partial charge in [-0.15, -0.1) is 0 Å². The lowest BCUT2D eigenvalue weighted by atomic mass is 9.87. The van der Waals surface area contributed by atoms with Gasteiger partial charge < -0.3 is 4.98 Å². The molecule has 0 amide bonds. The van der Waals surface area contributed by atoms with E-state index in [-0.39, 0.29) is 11.2 Å². The van der Waals surface area contributed by atoms with Crippen LogP contribution >= 0.6 is 11.6 Å². The van der Waals surface area contributed by atoms with Crippen LogP contribution in [0, 0.1) is 0 Å². The lowest BCUT2D eigenvalue weighted by molar-refractivity contribution is 0.0993. The molecule has 0 saturated heterocycles. The molecule has 0 atom stereocenters. The molecule has 0 fully saturated rings. The van der Waals surface area contributed by atoms with Crippen LogP contribution in [0.3, 0.4) is 0 Å². The van der Waals surface area contributed by atoms with Crippen LogP contribution in [-0.4, -0.2) is 15.8 Å². The van der Waals surface area contributed by atoms with Gasteiger partial charge in [-0.2, -0.15) is 0 Å². The summed E-state index contributed by atoms with van der Waals surface area (Å²) in [5.74, 6) is 0.861. The third-order valence-electron chi connectivity index (χ3n) is 5.08. The molecule has 0 aliphatic heterocycles. The Labute approximate surface area is 175 Å². The van der Waals surface area contributed by atoms with E-state index in [1.807, 2.05) is 42.5 Å². The highest BCUT2D eigenvalue weighted by molar-refractivity contribution is 6.30. The predicted octanol–water partition coefficient (Wildman–Crippen LogP) is 6.61. The Bertz CT molecular complexity index is 1180. The van der Waals surface area contributed by atoms with Crippen LogP contribution in [0.15, 0.2) is 66.7 Å². The maximum absolute atomic E-state index is 12.7. The molecule has 3 nitrogen and oxygen atoms in total. The molecule has 29 heavy (non-hydrogen) atoms. The highest BCUT2D eigenvalue weighted by Crippen LogP contribution is 2.26. The number of rotatable bonds is 4. The molecular weight excluding hydrogens is 380 g/mol. The van der Waals surface area contributed by atoms with E-state index in [4.69, 9.17) is 11.6 Å². The second-order valence-electron chi connectivity index (χ2n) is 8.37. The fourth-order valence-corrected chi connectivity index (χ4v) is 3.60. The Morgan fingerprint density at radius 2 is 1.76 bits per heavy atom. The van der Waals surface area contributed by atoms with Crippen molar-refractivity contribution in [2.45, 2.75) is 32.6 Å². The first-order valence-electron chi connectivity index (χ1n) is 9.68. The number of carbonyl (C=O) groups is 1. The van der Waals surface area contributed by atoms with Crippen LogP contribution in [0.2, 0.25) is 5.02 Å². The molecule has 4 heteroatoms. The normalized spacial score (nSPS) is 11.7. The SMILES string of the molecule is CC(C)(C)c1ccc(-c2nc3ccc(C(=O)Cc4cccc(Cl)c4)cc3[nH]2)cc1. The van der Waals surface area contributed by atoms with Crippen molar-refractivity contribution in [2.75, 3.05) is 0 Å². The van der Waals surface area contributed by atoms with Crippen LogP contribution in [0.25, 0.3) is 22.4 Å². The molecule has 0 saturated carbocycles. The Morgan fingerprint density at radius 1 is 1.00 bits per heavy atom. The van der Waals surface area contributed by atoms with Crippen molar-refractivity contribution in [2.24, 2.45) is 0 Å². The summed E-state index contributed by atoms with van der Waals surface area (Å²) < 4.78 is 0. The number of nitrogens with zero attached hydrogens (tertiary/aromatic N) is 1. The summed E-state index contributed by atoms with van der Waals surface area (Å²) >= 11 is 6.02. The number of hydrogen-bond donors (Lipinski definition) is 1. The number of H-pyrrole nitrogens is 1. The van der Waals surface area contributed by atoms with Gasteiger partial charge in [-0.05, 0) is 46.9 Å². The zero-order chi connectivity index (χ0) is 20.6. The number of benzene rings is 3. The molecule has 4 rings (SSSR count). The highest BCUT2D eigenvalue weighted by atomic mass is 35.5. The monoisotopic (exact) mass is 402 g/mol. The van der Waals surface area contributed by atoms with E-state index in [1.54, 1.807) is 0 Å². The minimum Gasteiger partial charge on any atom is -0.338 e. The fourth-order valence-electron chi connectivity index (χ4n) is 3.38. The molecule has 4 aromatic rings. The standard InChI is InChI=1S/C25H23ClN2O/c1-25(2,3)19-10-7-17(8-11-19)24-27-21-12-9-18(15-22(21)28-24)23(29)14-16-5-4-6-20(26)13-16/h4-13,15H,14H2,1-3H3,(H,27,28). The van der Waals surface area contributed by atoms with Gasteiger partial charge in [0.1, 0.15) is 5.82 Å². The Morgan fingerprint density at radius 3 is 2.45 bits per heavy atom. The number of aromatic nitrogens is 2. The van der Waals surface area contributed by atoms with Gasteiger partial charge in [0.2, 0.25) is 0 Å². The highest BCUT2D eigenvalue weighted by Gasteiger charge is 2.14. The number of aromatic amines is 1. The van der Waals surface area contributed by atoms with Crippen molar-refractivity contribution in [3.8, 4) is 11.4 Å². The summed E-state index contributed by atoms with van der Waals surface area (Å²) in [4.78, 5) is 20.7. The molecule has 0 aliphatic rings. The first-order chi connectivity index (χ1) is 13.8. The van der Waals surface area contributed by atoms with Gasteiger partial charge in [0.05, 0.1) is 11.0 Å². The summed E-state index contributed by atoms with van der Waals surface area (Å²) in [5, 5.41) is 0.640. The maximum atomic E-state index is 12.7. The van der Waals surface area contributed by atoms with Crippen molar-refractivity contribution in [3.05, 3.63) is 88.4 Å². The maximum Gasteiger partial charge on any atom is 0.167 e. The number of nitrogens with one attached hydrogen (secondary N) is 1. The Hall–Kier alpha value is -2.91. The van der Waals surface area contributed by atoms with Crippen LogP contribution in [0.5, 0.6) is 0 Å². The number of carbonyl (C=O) groups excluding carboxylic acids is 1. The van der Waals surface area contributed by atoms with Gasteiger partial charge >= 0.3 is 0 Å². The molecule has 1 aromatic heterocycles. The fraction of sp³-hybridized carbons (Fsp3) is 0.200. The van der Waals surface area contributed by atoms with E-state index < -0.39 is 0 Å². The van der Waals surface area contributed by atoms with Crippen molar-refractivity contribution < 1.29 is 4.79 Å². The van der Waals surface area contributed by atoms with Crippen molar-refractivity contribution in [1.82, 2.24) is 9.97 Å². The minimum absolute atomic E-state index is 0.0554.